The lowest BCUT2D eigenvalue weighted by molar-refractivity contribution is 0.465. The molecule has 0 aliphatic heterocycles. The number of hydrogen-bond donors (Lipinski definition) is 1. The van der Waals surface area contributed by atoms with E-state index in [-0.39, 0.29) is 0 Å². The summed E-state index contributed by atoms with van der Waals surface area (Å²) in [6.45, 7) is 3.00. The van der Waals surface area contributed by atoms with Gasteiger partial charge in [-0.15, -0.1) is 0 Å². The molecule has 90 valence electrons. The SMILES string of the molecule is CCCCCC(CN)Cc1cccc(Cl)c1. The quantitative estimate of drug-likeness (QED) is 0.715. The summed E-state index contributed by atoms with van der Waals surface area (Å²) in [5, 5.41) is 0.821. The fourth-order valence-electron chi connectivity index (χ4n) is 1.98. The van der Waals surface area contributed by atoms with Crippen LogP contribution in [0.1, 0.15) is 38.2 Å². The predicted octanol–water partition coefficient (Wildman–Crippen LogP) is 4.04. The molecule has 1 aromatic carbocycles. The van der Waals surface area contributed by atoms with Crippen LogP contribution in [0.15, 0.2) is 24.3 Å². The fraction of sp³-hybridized carbons (Fsp3) is 0.571. The van der Waals surface area contributed by atoms with Gasteiger partial charge in [-0.25, -0.2) is 0 Å². The van der Waals surface area contributed by atoms with Crippen LogP contribution in [0.2, 0.25) is 5.02 Å². The van der Waals surface area contributed by atoms with Gasteiger partial charge in [0.2, 0.25) is 0 Å². The highest BCUT2D eigenvalue weighted by atomic mass is 35.5. The summed E-state index contributed by atoms with van der Waals surface area (Å²) in [4.78, 5) is 0. The normalized spacial score (nSPS) is 12.7. The Bertz CT molecular complexity index is 299. The van der Waals surface area contributed by atoms with Gasteiger partial charge in [-0.2, -0.15) is 0 Å². The Balaban J connectivity index is 2.43. The average Bonchev–Trinajstić information content (AvgIpc) is 2.28. The third-order valence-electron chi connectivity index (χ3n) is 2.96. The summed E-state index contributed by atoms with van der Waals surface area (Å²) in [6, 6.07) is 8.11. The molecule has 2 N–H and O–H groups in total. The summed E-state index contributed by atoms with van der Waals surface area (Å²) in [5.74, 6) is 0.602. The van der Waals surface area contributed by atoms with Gasteiger partial charge in [0.15, 0.2) is 0 Å². The van der Waals surface area contributed by atoms with Crippen molar-refractivity contribution < 1.29 is 0 Å². The van der Waals surface area contributed by atoms with Crippen molar-refractivity contribution in [3.05, 3.63) is 34.9 Å². The maximum Gasteiger partial charge on any atom is 0.0408 e. The summed E-state index contributed by atoms with van der Waals surface area (Å²) in [5.41, 5.74) is 7.11. The van der Waals surface area contributed by atoms with Crippen molar-refractivity contribution in [2.24, 2.45) is 11.7 Å². The zero-order valence-corrected chi connectivity index (χ0v) is 10.8. The number of hydrogen-bond acceptors (Lipinski definition) is 1. The molecule has 0 aliphatic rings. The molecule has 0 aromatic heterocycles. The van der Waals surface area contributed by atoms with Crippen LogP contribution in [0.25, 0.3) is 0 Å². The van der Waals surface area contributed by atoms with E-state index in [0.29, 0.717) is 5.92 Å². The summed E-state index contributed by atoms with van der Waals surface area (Å²) >= 11 is 5.97. The Labute approximate surface area is 104 Å². The highest BCUT2D eigenvalue weighted by molar-refractivity contribution is 6.30. The smallest absolute Gasteiger partial charge is 0.0408 e. The molecule has 1 unspecified atom stereocenters. The molecule has 16 heavy (non-hydrogen) atoms. The van der Waals surface area contributed by atoms with Crippen LogP contribution in [-0.4, -0.2) is 6.54 Å². The first kappa shape index (κ1) is 13.5. The molecule has 1 atom stereocenters. The van der Waals surface area contributed by atoms with Crippen LogP contribution in [0, 0.1) is 5.92 Å². The van der Waals surface area contributed by atoms with Crippen LogP contribution >= 0.6 is 11.6 Å². The second-order valence-electron chi connectivity index (χ2n) is 4.43. The molecule has 0 spiro atoms. The van der Waals surface area contributed by atoms with Crippen molar-refractivity contribution in [2.75, 3.05) is 6.54 Å². The summed E-state index contributed by atoms with van der Waals surface area (Å²) < 4.78 is 0. The molecule has 2 heteroatoms. The molecule has 0 fully saturated rings. The lowest BCUT2D eigenvalue weighted by Crippen LogP contribution is -2.16. The van der Waals surface area contributed by atoms with Crippen LogP contribution in [-0.2, 0) is 6.42 Å². The molecule has 1 aromatic rings. The Morgan fingerprint density at radius 1 is 1.31 bits per heavy atom. The van der Waals surface area contributed by atoms with Crippen molar-refractivity contribution in [2.45, 2.75) is 39.0 Å². The molecule has 0 heterocycles. The molecule has 0 radical (unpaired) electrons. The third-order valence-corrected chi connectivity index (χ3v) is 3.20. The predicted molar refractivity (Wildman–Crippen MR) is 71.8 cm³/mol. The van der Waals surface area contributed by atoms with E-state index in [2.05, 4.69) is 13.0 Å². The van der Waals surface area contributed by atoms with Crippen LogP contribution < -0.4 is 5.73 Å². The van der Waals surface area contributed by atoms with Crippen LogP contribution in [0.4, 0.5) is 0 Å². The molecular weight excluding hydrogens is 218 g/mol. The maximum absolute atomic E-state index is 5.97. The van der Waals surface area contributed by atoms with E-state index in [1.807, 2.05) is 18.2 Å². The monoisotopic (exact) mass is 239 g/mol. The molecule has 0 bridgehead atoms. The molecule has 0 aliphatic carbocycles. The number of nitrogens with two attached hydrogens (primary N) is 1. The minimum atomic E-state index is 0.602. The molecular formula is C14H22ClN. The first-order chi connectivity index (χ1) is 7.76. The van der Waals surface area contributed by atoms with Crippen molar-refractivity contribution in [3.63, 3.8) is 0 Å². The van der Waals surface area contributed by atoms with Crippen molar-refractivity contribution in [1.82, 2.24) is 0 Å². The van der Waals surface area contributed by atoms with Gasteiger partial charge in [-0.3, -0.25) is 0 Å². The number of benzene rings is 1. The van der Waals surface area contributed by atoms with Crippen LogP contribution in [0.5, 0.6) is 0 Å². The molecule has 1 rings (SSSR count). The van der Waals surface area contributed by atoms with Crippen molar-refractivity contribution in [3.8, 4) is 0 Å². The van der Waals surface area contributed by atoms with Gasteiger partial charge in [-0.05, 0) is 43.0 Å². The van der Waals surface area contributed by atoms with E-state index < -0.39 is 0 Å². The molecule has 1 nitrogen and oxygen atoms in total. The summed E-state index contributed by atoms with van der Waals surface area (Å²) in [6.07, 6.45) is 6.16. The van der Waals surface area contributed by atoms with E-state index in [0.717, 1.165) is 18.0 Å². The lowest BCUT2D eigenvalue weighted by Gasteiger charge is -2.14. The standard InChI is InChI=1S/C14H22ClN/c1-2-3-4-6-13(11-16)9-12-7-5-8-14(15)10-12/h5,7-8,10,13H,2-4,6,9,11,16H2,1H3. The first-order valence-electron chi connectivity index (χ1n) is 6.20. The molecule has 0 amide bonds. The van der Waals surface area contributed by atoms with Crippen molar-refractivity contribution >= 4 is 11.6 Å². The molecule has 0 saturated heterocycles. The Hall–Kier alpha value is -0.530. The van der Waals surface area contributed by atoms with Crippen molar-refractivity contribution in [1.29, 1.82) is 0 Å². The zero-order valence-electron chi connectivity index (χ0n) is 10.1. The van der Waals surface area contributed by atoms with E-state index in [9.17, 15) is 0 Å². The summed E-state index contributed by atoms with van der Waals surface area (Å²) in [7, 11) is 0. The van der Waals surface area contributed by atoms with Crippen LogP contribution in [0.3, 0.4) is 0 Å². The minimum absolute atomic E-state index is 0.602. The fourth-order valence-corrected chi connectivity index (χ4v) is 2.20. The maximum atomic E-state index is 5.97. The lowest BCUT2D eigenvalue weighted by atomic mass is 9.94. The van der Waals surface area contributed by atoms with Gasteiger partial charge in [0.1, 0.15) is 0 Å². The minimum Gasteiger partial charge on any atom is -0.330 e. The van der Waals surface area contributed by atoms with Gasteiger partial charge < -0.3 is 5.73 Å². The molecule has 0 saturated carbocycles. The van der Waals surface area contributed by atoms with E-state index in [1.165, 1.54) is 31.2 Å². The Morgan fingerprint density at radius 3 is 2.75 bits per heavy atom. The topological polar surface area (TPSA) is 26.0 Å². The number of unbranched alkanes of at least 4 members (excludes halogenated alkanes) is 2. The average molecular weight is 240 g/mol. The second-order valence-corrected chi connectivity index (χ2v) is 4.87. The third kappa shape index (κ3) is 5.00. The zero-order chi connectivity index (χ0) is 11.8. The van der Waals surface area contributed by atoms with Gasteiger partial charge in [-0.1, -0.05) is 49.9 Å². The number of halogens is 1. The van der Waals surface area contributed by atoms with Gasteiger partial charge in [0, 0.05) is 5.02 Å². The highest BCUT2D eigenvalue weighted by Crippen LogP contribution is 2.17. The van der Waals surface area contributed by atoms with E-state index in [4.69, 9.17) is 17.3 Å². The first-order valence-corrected chi connectivity index (χ1v) is 6.58. The largest absolute Gasteiger partial charge is 0.330 e. The van der Waals surface area contributed by atoms with Gasteiger partial charge in [0.25, 0.3) is 0 Å². The number of rotatable bonds is 7. The Morgan fingerprint density at radius 2 is 2.12 bits per heavy atom. The highest BCUT2D eigenvalue weighted by Gasteiger charge is 2.07. The second kappa shape index (κ2) is 7.70. The Kier molecular flexibility index (Phi) is 6.51. The van der Waals surface area contributed by atoms with Gasteiger partial charge >= 0.3 is 0 Å². The van der Waals surface area contributed by atoms with E-state index >= 15 is 0 Å². The van der Waals surface area contributed by atoms with Gasteiger partial charge in [0.05, 0.1) is 0 Å². The van der Waals surface area contributed by atoms with E-state index in [1.54, 1.807) is 0 Å².